The molecule has 4 nitrogen and oxygen atoms in total. The lowest BCUT2D eigenvalue weighted by Gasteiger charge is -2.28. The van der Waals surface area contributed by atoms with E-state index in [1.54, 1.807) is 11.9 Å². The number of ether oxygens (including phenoxy) is 1. The van der Waals surface area contributed by atoms with Crippen LogP contribution in [0.2, 0.25) is 0 Å². The molecule has 0 aromatic carbocycles. The SMILES string of the molecule is C=CN1CC[C@@H](N(C)C(=O)OC(C)(C)C)C1. The first-order valence-electron chi connectivity index (χ1n) is 5.66. The zero-order valence-corrected chi connectivity index (χ0v) is 10.7. The van der Waals surface area contributed by atoms with Crippen molar-refractivity contribution in [2.24, 2.45) is 0 Å². The number of likely N-dealkylation sites (N-methyl/N-ethyl adjacent to an activating group) is 1. The molecule has 1 fully saturated rings. The van der Waals surface area contributed by atoms with Crippen molar-refractivity contribution < 1.29 is 9.53 Å². The molecule has 0 spiro atoms. The van der Waals surface area contributed by atoms with Gasteiger partial charge in [-0.25, -0.2) is 4.79 Å². The number of amides is 1. The molecule has 1 saturated heterocycles. The highest BCUT2D eigenvalue weighted by Gasteiger charge is 2.29. The van der Waals surface area contributed by atoms with Gasteiger partial charge in [0, 0.05) is 20.1 Å². The Hall–Kier alpha value is -1.19. The van der Waals surface area contributed by atoms with Gasteiger partial charge in [-0.05, 0) is 33.4 Å². The van der Waals surface area contributed by atoms with Crippen LogP contribution in [0.5, 0.6) is 0 Å². The molecular weight excluding hydrogens is 204 g/mol. The van der Waals surface area contributed by atoms with Gasteiger partial charge in [-0.2, -0.15) is 0 Å². The molecule has 1 heterocycles. The summed E-state index contributed by atoms with van der Waals surface area (Å²) in [5.41, 5.74) is -0.429. The van der Waals surface area contributed by atoms with E-state index in [1.165, 1.54) is 0 Å². The number of likely N-dealkylation sites (tertiary alicyclic amines) is 1. The van der Waals surface area contributed by atoms with E-state index >= 15 is 0 Å². The van der Waals surface area contributed by atoms with Gasteiger partial charge in [-0.3, -0.25) is 0 Å². The average molecular weight is 226 g/mol. The second kappa shape index (κ2) is 4.76. The van der Waals surface area contributed by atoms with Gasteiger partial charge >= 0.3 is 6.09 Å². The van der Waals surface area contributed by atoms with Crippen LogP contribution in [0, 0.1) is 0 Å². The quantitative estimate of drug-likeness (QED) is 0.722. The summed E-state index contributed by atoms with van der Waals surface area (Å²) in [7, 11) is 1.80. The predicted molar refractivity (Wildman–Crippen MR) is 64.2 cm³/mol. The Morgan fingerprint density at radius 3 is 2.62 bits per heavy atom. The van der Waals surface area contributed by atoms with Crippen molar-refractivity contribution in [2.75, 3.05) is 20.1 Å². The average Bonchev–Trinajstić information content (AvgIpc) is 2.61. The molecule has 0 unspecified atom stereocenters. The number of carbonyl (C=O) groups excluding carboxylic acids is 1. The summed E-state index contributed by atoms with van der Waals surface area (Å²) < 4.78 is 5.32. The summed E-state index contributed by atoms with van der Waals surface area (Å²) in [4.78, 5) is 15.6. The molecule has 0 bridgehead atoms. The fraction of sp³-hybridized carbons (Fsp3) is 0.750. The van der Waals surface area contributed by atoms with Gasteiger partial charge in [0.25, 0.3) is 0 Å². The van der Waals surface area contributed by atoms with Crippen LogP contribution in [0.3, 0.4) is 0 Å². The fourth-order valence-electron chi connectivity index (χ4n) is 1.73. The largest absolute Gasteiger partial charge is 0.444 e. The number of carbonyl (C=O) groups is 1. The third-order valence-corrected chi connectivity index (χ3v) is 2.68. The zero-order valence-electron chi connectivity index (χ0n) is 10.7. The normalized spacial score (nSPS) is 20.8. The predicted octanol–water partition coefficient (Wildman–Crippen LogP) is 2.07. The Morgan fingerprint density at radius 2 is 2.19 bits per heavy atom. The van der Waals surface area contributed by atoms with Crippen LogP contribution < -0.4 is 0 Å². The van der Waals surface area contributed by atoms with E-state index < -0.39 is 5.60 Å². The molecule has 0 N–H and O–H groups in total. The molecule has 1 atom stereocenters. The van der Waals surface area contributed by atoms with Crippen molar-refractivity contribution in [1.82, 2.24) is 9.80 Å². The molecule has 0 aromatic heterocycles. The molecule has 4 heteroatoms. The van der Waals surface area contributed by atoms with E-state index in [0.29, 0.717) is 0 Å². The molecule has 0 saturated carbocycles. The number of rotatable bonds is 2. The molecule has 1 aliphatic rings. The van der Waals surface area contributed by atoms with E-state index in [4.69, 9.17) is 4.74 Å². The summed E-state index contributed by atoms with van der Waals surface area (Å²) in [6.45, 7) is 11.2. The summed E-state index contributed by atoms with van der Waals surface area (Å²) >= 11 is 0. The van der Waals surface area contributed by atoms with Crippen LogP contribution in [-0.2, 0) is 4.74 Å². The van der Waals surface area contributed by atoms with Gasteiger partial charge in [0.1, 0.15) is 5.60 Å². The fourth-order valence-corrected chi connectivity index (χ4v) is 1.73. The minimum absolute atomic E-state index is 0.229. The zero-order chi connectivity index (χ0) is 12.3. The van der Waals surface area contributed by atoms with Crippen LogP contribution in [-0.4, -0.2) is 47.7 Å². The molecule has 92 valence electrons. The highest BCUT2D eigenvalue weighted by atomic mass is 16.6. The minimum Gasteiger partial charge on any atom is -0.444 e. The van der Waals surface area contributed by atoms with Gasteiger partial charge in [0.15, 0.2) is 0 Å². The molecule has 1 aliphatic heterocycles. The lowest BCUT2D eigenvalue weighted by molar-refractivity contribution is 0.0231. The molecular formula is C12H22N2O2. The molecule has 0 aliphatic carbocycles. The van der Waals surface area contributed by atoms with Gasteiger partial charge < -0.3 is 14.5 Å². The lowest BCUT2D eigenvalue weighted by atomic mass is 10.2. The van der Waals surface area contributed by atoms with Crippen molar-refractivity contribution in [3.8, 4) is 0 Å². The maximum atomic E-state index is 11.8. The highest BCUT2D eigenvalue weighted by Crippen LogP contribution is 2.17. The number of hydrogen-bond donors (Lipinski definition) is 0. The first-order chi connectivity index (χ1) is 7.33. The first-order valence-corrected chi connectivity index (χ1v) is 5.66. The monoisotopic (exact) mass is 226 g/mol. The minimum atomic E-state index is -0.429. The molecule has 1 amide bonds. The van der Waals surface area contributed by atoms with E-state index in [1.807, 2.05) is 27.0 Å². The van der Waals surface area contributed by atoms with Gasteiger partial charge in [-0.15, -0.1) is 0 Å². The van der Waals surface area contributed by atoms with E-state index in [9.17, 15) is 4.79 Å². The highest BCUT2D eigenvalue weighted by molar-refractivity contribution is 5.68. The van der Waals surface area contributed by atoms with Crippen LogP contribution in [0.15, 0.2) is 12.8 Å². The number of hydrogen-bond acceptors (Lipinski definition) is 3. The van der Waals surface area contributed by atoms with E-state index in [0.717, 1.165) is 19.5 Å². The molecule has 1 rings (SSSR count). The number of nitrogens with zero attached hydrogens (tertiary/aromatic N) is 2. The van der Waals surface area contributed by atoms with Crippen LogP contribution in [0.25, 0.3) is 0 Å². The van der Waals surface area contributed by atoms with Crippen molar-refractivity contribution in [3.05, 3.63) is 12.8 Å². The summed E-state index contributed by atoms with van der Waals surface area (Å²) in [6.07, 6.45) is 2.55. The van der Waals surface area contributed by atoms with Gasteiger partial charge in [0.05, 0.1) is 6.04 Å². The van der Waals surface area contributed by atoms with E-state index in [2.05, 4.69) is 11.5 Å². The van der Waals surface area contributed by atoms with Gasteiger partial charge in [0.2, 0.25) is 0 Å². The summed E-state index contributed by atoms with van der Waals surface area (Å²) in [5.74, 6) is 0. The first kappa shape index (κ1) is 12.9. The Labute approximate surface area is 97.9 Å². The second-order valence-electron chi connectivity index (χ2n) is 5.21. The Kier molecular flexibility index (Phi) is 3.83. The van der Waals surface area contributed by atoms with E-state index in [-0.39, 0.29) is 12.1 Å². The molecule has 0 aromatic rings. The third kappa shape index (κ3) is 3.43. The van der Waals surface area contributed by atoms with Crippen LogP contribution >= 0.6 is 0 Å². The van der Waals surface area contributed by atoms with Crippen molar-refractivity contribution in [1.29, 1.82) is 0 Å². The Morgan fingerprint density at radius 1 is 1.56 bits per heavy atom. The Bertz CT molecular complexity index is 271. The van der Waals surface area contributed by atoms with Crippen LogP contribution in [0.1, 0.15) is 27.2 Å². The molecule has 16 heavy (non-hydrogen) atoms. The Balaban J connectivity index is 2.49. The van der Waals surface area contributed by atoms with Crippen molar-refractivity contribution >= 4 is 6.09 Å². The van der Waals surface area contributed by atoms with Crippen LogP contribution in [0.4, 0.5) is 4.79 Å². The summed E-state index contributed by atoms with van der Waals surface area (Å²) in [6, 6.07) is 0.229. The van der Waals surface area contributed by atoms with Crippen molar-refractivity contribution in [3.63, 3.8) is 0 Å². The standard InChI is InChI=1S/C12H22N2O2/c1-6-14-8-7-10(9-14)13(5)11(15)16-12(2,3)4/h6,10H,1,7-9H2,2-5H3/t10-/m1/s1. The van der Waals surface area contributed by atoms with Gasteiger partial charge in [-0.1, -0.05) is 6.58 Å². The van der Waals surface area contributed by atoms with Crippen molar-refractivity contribution in [2.45, 2.75) is 38.8 Å². The smallest absolute Gasteiger partial charge is 0.410 e. The topological polar surface area (TPSA) is 32.8 Å². The third-order valence-electron chi connectivity index (χ3n) is 2.68. The summed E-state index contributed by atoms with van der Waals surface area (Å²) in [5, 5.41) is 0. The maximum Gasteiger partial charge on any atom is 0.410 e. The molecule has 0 radical (unpaired) electrons. The lowest BCUT2D eigenvalue weighted by Crippen LogP contribution is -2.41. The second-order valence-corrected chi connectivity index (χ2v) is 5.21. The maximum absolute atomic E-state index is 11.8.